The minimum absolute atomic E-state index is 0.253. The van der Waals surface area contributed by atoms with E-state index in [1.54, 1.807) is 6.07 Å². The van der Waals surface area contributed by atoms with E-state index in [0.29, 0.717) is 11.3 Å². The van der Waals surface area contributed by atoms with Crippen LogP contribution >= 0.6 is 0 Å². The van der Waals surface area contributed by atoms with Gasteiger partial charge >= 0.3 is 0 Å². The quantitative estimate of drug-likeness (QED) is 0.573. The molecule has 0 atom stereocenters. The summed E-state index contributed by atoms with van der Waals surface area (Å²) >= 11 is 0. The number of fused-ring (bicyclic) bond motifs is 1. The predicted octanol–water partition coefficient (Wildman–Crippen LogP) is 0.817. The lowest BCUT2D eigenvalue weighted by Gasteiger charge is -1.93. The van der Waals surface area contributed by atoms with E-state index in [1.807, 2.05) is 12.1 Å². The summed E-state index contributed by atoms with van der Waals surface area (Å²) in [7, 11) is -2.96. The van der Waals surface area contributed by atoms with E-state index in [9.17, 15) is 8.42 Å². The highest BCUT2D eigenvalue weighted by Gasteiger charge is 2.24. The number of rotatable bonds is 0. The monoisotopic (exact) mass is 167 g/mol. The molecule has 1 aromatic rings. The SMILES string of the molecule is O=S1(=O)CCc2ccc[c]c21. The van der Waals surface area contributed by atoms with Gasteiger partial charge in [0.05, 0.1) is 10.6 Å². The van der Waals surface area contributed by atoms with E-state index < -0.39 is 9.84 Å². The molecule has 0 unspecified atom stereocenters. The summed E-state index contributed by atoms with van der Waals surface area (Å²) in [5, 5.41) is 0. The number of sulfone groups is 1. The van der Waals surface area contributed by atoms with Crippen molar-refractivity contribution in [2.24, 2.45) is 0 Å². The Morgan fingerprint density at radius 2 is 2.27 bits per heavy atom. The molecular weight excluding hydrogens is 160 g/mol. The van der Waals surface area contributed by atoms with Crippen LogP contribution in [0.5, 0.6) is 0 Å². The number of hydrogen-bond acceptors (Lipinski definition) is 2. The van der Waals surface area contributed by atoms with Crippen molar-refractivity contribution >= 4 is 9.84 Å². The van der Waals surface area contributed by atoms with Crippen LogP contribution in [0.4, 0.5) is 0 Å². The molecule has 0 aliphatic carbocycles. The van der Waals surface area contributed by atoms with Gasteiger partial charge in [-0.15, -0.1) is 0 Å². The van der Waals surface area contributed by atoms with E-state index >= 15 is 0 Å². The third-order valence-electron chi connectivity index (χ3n) is 1.85. The molecular formula is C8H7O2S. The molecule has 0 amide bonds. The van der Waals surface area contributed by atoms with E-state index in [4.69, 9.17) is 0 Å². The summed E-state index contributed by atoms with van der Waals surface area (Å²) in [6, 6.07) is 8.05. The Kier molecular flexibility index (Phi) is 1.29. The molecule has 1 aromatic carbocycles. The first-order valence-electron chi connectivity index (χ1n) is 3.42. The highest BCUT2D eigenvalue weighted by Crippen LogP contribution is 2.24. The number of benzene rings is 1. The van der Waals surface area contributed by atoms with Crippen molar-refractivity contribution in [1.82, 2.24) is 0 Å². The third kappa shape index (κ3) is 0.959. The van der Waals surface area contributed by atoms with E-state index in [1.165, 1.54) is 0 Å². The summed E-state index contributed by atoms with van der Waals surface area (Å²) in [4.78, 5) is 0.403. The van der Waals surface area contributed by atoms with Crippen LogP contribution in [0.3, 0.4) is 0 Å². The molecule has 0 aromatic heterocycles. The summed E-state index contributed by atoms with van der Waals surface area (Å²) in [6.07, 6.45) is 0.648. The molecule has 57 valence electrons. The van der Waals surface area contributed by atoms with Crippen LogP contribution in [0.2, 0.25) is 0 Å². The molecule has 0 saturated heterocycles. The minimum Gasteiger partial charge on any atom is -0.224 e. The first kappa shape index (κ1) is 6.85. The van der Waals surface area contributed by atoms with E-state index in [0.717, 1.165) is 5.56 Å². The zero-order valence-electron chi connectivity index (χ0n) is 5.87. The Labute approximate surface area is 65.8 Å². The van der Waals surface area contributed by atoms with Crippen molar-refractivity contribution in [3.63, 3.8) is 0 Å². The fourth-order valence-corrected chi connectivity index (χ4v) is 2.80. The molecule has 0 saturated carbocycles. The van der Waals surface area contributed by atoms with Crippen LogP contribution in [0.1, 0.15) is 5.56 Å². The first-order valence-corrected chi connectivity index (χ1v) is 5.08. The molecule has 0 fully saturated rings. The van der Waals surface area contributed by atoms with E-state index in [-0.39, 0.29) is 5.75 Å². The first-order chi connectivity index (χ1) is 5.20. The fraction of sp³-hybridized carbons (Fsp3) is 0.250. The van der Waals surface area contributed by atoms with Crippen molar-refractivity contribution in [1.29, 1.82) is 0 Å². The van der Waals surface area contributed by atoms with Gasteiger partial charge in [-0.05, 0) is 12.0 Å². The molecule has 2 nitrogen and oxygen atoms in total. The summed E-state index contributed by atoms with van der Waals surface area (Å²) in [5.41, 5.74) is 0.910. The van der Waals surface area contributed by atoms with Crippen LogP contribution in [-0.2, 0) is 16.3 Å². The van der Waals surface area contributed by atoms with Gasteiger partial charge in [0.1, 0.15) is 0 Å². The maximum absolute atomic E-state index is 11.2. The largest absolute Gasteiger partial charge is 0.224 e. The van der Waals surface area contributed by atoms with Gasteiger partial charge < -0.3 is 0 Å². The smallest absolute Gasteiger partial charge is 0.179 e. The average molecular weight is 167 g/mol. The Hall–Kier alpha value is -0.830. The summed E-state index contributed by atoms with van der Waals surface area (Å²) in [5.74, 6) is 0.253. The highest BCUT2D eigenvalue weighted by molar-refractivity contribution is 7.91. The lowest BCUT2D eigenvalue weighted by molar-refractivity contribution is 0.600. The molecule has 0 bridgehead atoms. The van der Waals surface area contributed by atoms with Gasteiger partial charge in [-0.25, -0.2) is 8.42 Å². The molecule has 1 radical (unpaired) electrons. The van der Waals surface area contributed by atoms with Gasteiger partial charge in [0.25, 0.3) is 0 Å². The second kappa shape index (κ2) is 2.08. The number of hydrogen-bond donors (Lipinski definition) is 0. The minimum atomic E-state index is -2.96. The second-order valence-electron chi connectivity index (χ2n) is 2.59. The summed E-state index contributed by atoms with van der Waals surface area (Å²) in [6.45, 7) is 0. The Morgan fingerprint density at radius 1 is 1.45 bits per heavy atom. The summed E-state index contributed by atoms with van der Waals surface area (Å²) < 4.78 is 22.4. The second-order valence-corrected chi connectivity index (χ2v) is 4.64. The Balaban J connectivity index is 2.75. The van der Waals surface area contributed by atoms with Crippen molar-refractivity contribution < 1.29 is 8.42 Å². The maximum Gasteiger partial charge on any atom is 0.179 e. The van der Waals surface area contributed by atoms with Gasteiger partial charge in [-0.3, -0.25) is 0 Å². The van der Waals surface area contributed by atoms with Gasteiger partial charge in [-0.1, -0.05) is 18.2 Å². The lowest BCUT2D eigenvalue weighted by Crippen LogP contribution is -1.98. The van der Waals surface area contributed by atoms with Gasteiger partial charge in [0, 0.05) is 6.07 Å². The maximum atomic E-state index is 11.2. The topological polar surface area (TPSA) is 34.1 Å². The van der Waals surface area contributed by atoms with Gasteiger partial charge in [-0.2, -0.15) is 0 Å². The van der Waals surface area contributed by atoms with Crippen molar-refractivity contribution in [3.8, 4) is 0 Å². The lowest BCUT2D eigenvalue weighted by atomic mass is 10.2. The Morgan fingerprint density at radius 3 is 3.00 bits per heavy atom. The highest BCUT2D eigenvalue weighted by atomic mass is 32.2. The zero-order valence-corrected chi connectivity index (χ0v) is 6.69. The normalized spacial score (nSPS) is 19.6. The van der Waals surface area contributed by atoms with E-state index in [2.05, 4.69) is 6.07 Å². The molecule has 0 N–H and O–H groups in total. The fourth-order valence-electron chi connectivity index (χ4n) is 1.29. The molecule has 11 heavy (non-hydrogen) atoms. The van der Waals surface area contributed by atoms with Crippen molar-refractivity contribution in [3.05, 3.63) is 29.8 Å². The van der Waals surface area contributed by atoms with Crippen LogP contribution in [0, 0.1) is 6.07 Å². The predicted molar refractivity (Wildman–Crippen MR) is 41.0 cm³/mol. The third-order valence-corrected chi connectivity index (χ3v) is 3.59. The van der Waals surface area contributed by atoms with Gasteiger partial charge in [0.15, 0.2) is 9.84 Å². The molecule has 2 rings (SSSR count). The van der Waals surface area contributed by atoms with Crippen LogP contribution in [0.25, 0.3) is 0 Å². The molecule has 0 spiro atoms. The standard InChI is InChI=1S/C8H7O2S/c9-11(10)6-5-7-3-1-2-4-8(7)11/h1-3H,5-6H2. The molecule has 1 aliphatic heterocycles. The van der Waals surface area contributed by atoms with Crippen LogP contribution in [-0.4, -0.2) is 14.2 Å². The number of aryl methyl sites for hydroxylation is 1. The van der Waals surface area contributed by atoms with Crippen LogP contribution in [0.15, 0.2) is 23.1 Å². The van der Waals surface area contributed by atoms with Crippen LogP contribution < -0.4 is 0 Å². The Bertz CT molecular complexity index is 379. The zero-order chi connectivity index (χ0) is 7.90. The average Bonchev–Trinajstić information content (AvgIpc) is 2.29. The molecule has 1 aliphatic rings. The van der Waals surface area contributed by atoms with Gasteiger partial charge in [0.2, 0.25) is 0 Å². The molecule has 1 heterocycles. The van der Waals surface area contributed by atoms with Crippen molar-refractivity contribution in [2.45, 2.75) is 11.3 Å². The van der Waals surface area contributed by atoms with Crippen molar-refractivity contribution in [2.75, 3.05) is 5.75 Å². The molecule has 3 heteroatoms.